The van der Waals surface area contributed by atoms with Crippen LogP contribution in [-0.4, -0.2) is 64.3 Å². The zero-order valence-corrected chi connectivity index (χ0v) is 8.24. The molecular weight excluding hydrogens is 117 g/mol. The molecule has 0 heterocycles. The molecule has 0 aliphatic carbocycles. The maximum Gasteiger partial charge on any atom is 0.219 e. The zero-order chi connectivity index (χ0) is 4.99. The van der Waals surface area contributed by atoms with E-state index in [1.165, 1.54) is 0 Å². The Morgan fingerprint density at radius 1 is 1.71 bits per heavy atom. The van der Waals surface area contributed by atoms with Gasteiger partial charge < -0.3 is 5.32 Å². The van der Waals surface area contributed by atoms with Crippen molar-refractivity contribution in [3.05, 3.63) is 0 Å². The van der Waals surface area contributed by atoms with E-state index in [0.717, 1.165) is 0 Å². The van der Waals surface area contributed by atoms with Crippen LogP contribution in [0.25, 0.3) is 0 Å². The molecule has 1 radical (unpaired) electrons. The average molecular weight is 126 g/mol. The minimum Gasteiger partial charge on any atom is -0.359 e. The van der Waals surface area contributed by atoms with E-state index in [2.05, 4.69) is 5.32 Å². The van der Waals surface area contributed by atoms with Crippen LogP contribution in [0.1, 0.15) is 13.3 Å². The summed E-state index contributed by atoms with van der Waals surface area (Å²) in [6, 6.07) is 0. The van der Waals surface area contributed by atoms with Gasteiger partial charge in [-0.25, -0.2) is 0 Å². The third kappa shape index (κ3) is 7.11. The van der Waals surface area contributed by atoms with Gasteiger partial charge in [0.05, 0.1) is 0 Å². The Balaban J connectivity index is 0. The van der Waals surface area contributed by atoms with Gasteiger partial charge in [0.25, 0.3) is 0 Å². The number of hydrogen-bond donors (Lipinski definition) is 1. The van der Waals surface area contributed by atoms with Crippen molar-refractivity contribution in [2.24, 2.45) is 0 Å². The van der Waals surface area contributed by atoms with Crippen LogP contribution >= 0.6 is 0 Å². The van der Waals surface area contributed by atoms with Crippen molar-refractivity contribution in [3.8, 4) is 0 Å². The Morgan fingerprint density at radius 2 is 2.14 bits per heavy atom. The van der Waals surface area contributed by atoms with Gasteiger partial charge >= 0.3 is 0 Å². The largest absolute Gasteiger partial charge is 0.359 e. The summed E-state index contributed by atoms with van der Waals surface area (Å²) < 4.78 is 0. The summed E-state index contributed by atoms with van der Waals surface area (Å²) in [5.74, 6) is 0.0926. The fourth-order valence-corrected chi connectivity index (χ4v) is 0.177. The Hall–Kier alpha value is 1.11. The first-order valence-electron chi connectivity index (χ1n) is 2.01. The second-order valence-electron chi connectivity index (χ2n) is 1.03. The predicted octanol–water partition coefficient (Wildman–Crippen LogP) is -0.238. The normalized spacial score (nSPS) is 6.57. The Bertz CT molecular complexity index is 49.7. The molecule has 0 saturated heterocycles. The third-order valence-corrected chi connectivity index (χ3v) is 0.600. The smallest absolute Gasteiger partial charge is 0.219 e. The van der Waals surface area contributed by atoms with E-state index < -0.39 is 0 Å². The van der Waals surface area contributed by atoms with Gasteiger partial charge in [-0.3, -0.25) is 4.79 Å². The second kappa shape index (κ2) is 7.11. The minimum absolute atomic E-state index is 0. The summed E-state index contributed by atoms with van der Waals surface area (Å²) in [7, 11) is 1.63. The molecule has 2 nitrogen and oxygen atoms in total. The minimum atomic E-state index is 0. The van der Waals surface area contributed by atoms with E-state index in [4.69, 9.17) is 0 Å². The van der Waals surface area contributed by atoms with E-state index in [-0.39, 0.29) is 57.3 Å². The summed E-state index contributed by atoms with van der Waals surface area (Å²) in [5, 5.41) is 2.48. The van der Waals surface area contributed by atoms with Crippen molar-refractivity contribution in [2.75, 3.05) is 7.05 Å². The van der Waals surface area contributed by atoms with E-state index in [1.807, 2.05) is 6.92 Å². The van der Waals surface area contributed by atoms with E-state index in [9.17, 15) is 4.79 Å². The van der Waals surface area contributed by atoms with Gasteiger partial charge in [0.1, 0.15) is 0 Å². The molecule has 0 aliphatic heterocycles. The molecule has 0 aliphatic rings. The van der Waals surface area contributed by atoms with Crippen molar-refractivity contribution in [1.82, 2.24) is 5.32 Å². The van der Waals surface area contributed by atoms with Crippen LogP contribution in [0.15, 0.2) is 0 Å². The molecule has 0 aromatic rings. The molecule has 7 heavy (non-hydrogen) atoms. The molecule has 0 fully saturated rings. The number of nitrogens with one attached hydrogen (secondary N) is 1. The van der Waals surface area contributed by atoms with Crippen molar-refractivity contribution in [3.63, 3.8) is 0 Å². The van der Waals surface area contributed by atoms with Crippen LogP contribution < -0.4 is 5.32 Å². The Labute approximate surface area is 86.5 Å². The van der Waals surface area contributed by atoms with Crippen LogP contribution in [0.3, 0.4) is 0 Å². The summed E-state index contributed by atoms with van der Waals surface area (Å²) in [5.41, 5.74) is 0. The molecule has 0 saturated carbocycles. The molecule has 0 unspecified atom stereocenters. The summed E-state index contributed by atoms with van der Waals surface area (Å²) >= 11 is 0. The summed E-state index contributed by atoms with van der Waals surface area (Å²) in [4.78, 5) is 10.1. The fourth-order valence-electron chi connectivity index (χ4n) is 0.177. The molecule has 0 atom stereocenters. The van der Waals surface area contributed by atoms with Gasteiger partial charge in [-0.1, -0.05) is 6.92 Å². The first kappa shape index (κ1) is 11.0. The molecule has 0 aromatic carbocycles. The van der Waals surface area contributed by atoms with Gasteiger partial charge in [0, 0.05) is 64.9 Å². The maximum absolute atomic E-state index is 10.1. The van der Waals surface area contributed by atoms with Crippen LogP contribution in [0, 0.1) is 0 Å². The van der Waals surface area contributed by atoms with Gasteiger partial charge in [-0.2, -0.15) is 0 Å². The SMILES string of the molecule is CCC(=O)NC.[K]. The quantitative estimate of drug-likeness (QED) is 0.483. The van der Waals surface area contributed by atoms with E-state index >= 15 is 0 Å². The fraction of sp³-hybridized carbons (Fsp3) is 0.750. The average Bonchev–Trinajstić information content (AvgIpc) is 1.65. The molecular formula is C4H9KNO. The zero-order valence-electron chi connectivity index (χ0n) is 5.12. The summed E-state index contributed by atoms with van der Waals surface area (Å²) in [6.45, 7) is 1.82. The molecule has 1 amide bonds. The maximum atomic E-state index is 10.1. The van der Waals surface area contributed by atoms with Gasteiger partial charge in [-0.15, -0.1) is 0 Å². The van der Waals surface area contributed by atoms with Crippen LogP contribution in [0.5, 0.6) is 0 Å². The standard InChI is InChI=1S/C4H9NO.K/c1-3-4(6)5-2;/h3H2,1-2H3,(H,5,6);. The third-order valence-electron chi connectivity index (χ3n) is 0.600. The predicted molar refractivity (Wildman–Crippen MR) is 30.1 cm³/mol. The van der Waals surface area contributed by atoms with Gasteiger partial charge in [-0.05, 0) is 0 Å². The number of carbonyl (C=O) groups is 1. The first-order chi connectivity index (χ1) is 2.81. The van der Waals surface area contributed by atoms with Gasteiger partial charge in [0.15, 0.2) is 0 Å². The van der Waals surface area contributed by atoms with Crippen LogP contribution in [0.4, 0.5) is 0 Å². The Morgan fingerprint density at radius 3 is 2.14 bits per heavy atom. The molecule has 3 heteroatoms. The molecule has 0 spiro atoms. The molecule has 0 rings (SSSR count). The summed E-state index contributed by atoms with van der Waals surface area (Å²) in [6.07, 6.45) is 0.580. The van der Waals surface area contributed by atoms with Crippen molar-refractivity contribution in [1.29, 1.82) is 0 Å². The van der Waals surface area contributed by atoms with Crippen LogP contribution in [-0.2, 0) is 4.79 Å². The molecule has 37 valence electrons. The number of hydrogen-bond acceptors (Lipinski definition) is 1. The Kier molecular flexibility index (Phi) is 11.1. The molecule has 0 aromatic heterocycles. The van der Waals surface area contributed by atoms with Crippen LogP contribution in [0.2, 0.25) is 0 Å². The van der Waals surface area contributed by atoms with Crippen molar-refractivity contribution in [2.45, 2.75) is 13.3 Å². The van der Waals surface area contributed by atoms with Crippen molar-refractivity contribution < 1.29 is 4.79 Å². The van der Waals surface area contributed by atoms with Gasteiger partial charge in [0.2, 0.25) is 5.91 Å². The first-order valence-corrected chi connectivity index (χ1v) is 2.01. The van der Waals surface area contributed by atoms with E-state index in [1.54, 1.807) is 7.05 Å². The monoisotopic (exact) mass is 126 g/mol. The second-order valence-corrected chi connectivity index (χ2v) is 1.03. The molecule has 0 bridgehead atoms. The van der Waals surface area contributed by atoms with Crippen molar-refractivity contribution >= 4 is 57.3 Å². The van der Waals surface area contributed by atoms with E-state index in [0.29, 0.717) is 6.42 Å². The number of carbonyl (C=O) groups excluding carboxylic acids is 1. The molecule has 1 N–H and O–H groups in total. The number of rotatable bonds is 1. The number of amides is 1. The topological polar surface area (TPSA) is 29.1 Å².